The van der Waals surface area contributed by atoms with Crippen LogP contribution in [0.3, 0.4) is 0 Å². The van der Waals surface area contributed by atoms with Crippen molar-refractivity contribution in [1.29, 1.82) is 0 Å². The predicted octanol–water partition coefficient (Wildman–Crippen LogP) is 3.21. The lowest BCUT2D eigenvalue weighted by atomic mass is 9.80. The Morgan fingerprint density at radius 3 is 2.07 bits per heavy atom. The highest BCUT2D eigenvalue weighted by molar-refractivity contribution is 6.62. The molecule has 2 aliphatic heterocycles. The summed E-state index contributed by atoms with van der Waals surface area (Å²) in [5, 5.41) is 0. The first-order valence-electron chi connectivity index (χ1n) is 10.8. The SMILES string of the molecule is C[C@@H]1CN(c2ccc(B3OC(C)(C)C(C)(C)O3)cn2)C[C@@H](C)N1C(=O)OC(C)(C)C. The van der Waals surface area contributed by atoms with Crippen molar-refractivity contribution in [2.45, 2.75) is 91.2 Å². The van der Waals surface area contributed by atoms with Crippen LogP contribution in [0, 0.1) is 0 Å². The molecule has 0 radical (unpaired) electrons. The van der Waals surface area contributed by atoms with Crippen molar-refractivity contribution in [1.82, 2.24) is 9.88 Å². The van der Waals surface area contributed by atoms with Gasteiger partial charge < -0.3 is 18.9 Å². The number of hydrogen-bond acceptors (Lipinski definition) is 6. The first-order valence-corrected chi connectivity index (χ1v) is 10.8. The van der Waals surface area contributed by atoms with Gasteiger partial charge in [0.1, 0.15) is 11.4 Å². The molecule has 1 aromatic rings. The standard InChI is InChI=1S/C22H36BN3O4/c1-15-13-25(14-16(2)26(15)19(27)28-20(3,4)5)18-11-10-17(12-24-18)23-29-21(6,7)22(8,9)30-23/h10-12,15-16H,13-14H2,1-9H3/t15-,16-/m1/s1. The van der Waals surface area contributed by atoms with Crippen LogP contribution >= 0.6 is 0 Å². The maximum atomic E-state index is 12.6. The van der Waals surface area contributed by atoms with Gasteiger partial charge in [-0.2, -0.15) is 0 Å². The average Bonchev–Trinajstić information content (AvgIpc) is 2.80. The highest BCUT2D eigenvalue weighted by atomic mass is 16.7. The summed E-state index contributed by atoms with van der Waals surface area (Å²) in [7, 11) is -0.418. The van der Waals surface area contributed by atoms with Gasteiger partial charge in [0.25, 0.3) is 0 Å². The molecule has 2 atom stereocenters. The molecular formula is C22H36BN3O4. The summed E-state index contributed by atoms with van der Waals surface area (Å²) in [5.74, 6) is 0.887. The maximum Gasteiger partial charge on any atom is 0.496 e. The van der Waals surface area contributed by atoms with Crippen molar-refractivity contribution in [3.05, 3.63) is 18.3 Å². The average molecular weight is 417 g/mol. The monoisotopic (exact) mass is 417 g/mol. The molecule has 166 valence electrons. The summed E-state index contributed by atoms with van der Waals surface area (Å²) >= 11 is 0. The number of ether oxygens (including phenoxy) is 1. The molecule has 0 saturated carbocycles. The van der Waals surface area contributed by atoms with Crippen LogP contribution in [-0.2, 0) is 14.0 Å². The third-order valence-electron chi connectivity index (χ3n) is 6.14. The van der Waals surface area contributed by atoms with E-state index in [9.17, 15) is 4.79 Å². The van der Waals surface area contributed by atoms with Gasteiger partial charge in [-0.25, -0.2) is 9.78 Å². The van der Waals surface area contributed by atoms with Crippen LogP contribution in [0.4, 0.5) is 10.6 Å². The molecule has 8 heteroatoms. The Labute approximate surface area is 181 Å². The molecule has 0 aliphatic carbocycles. The van der Waals surface area contributed by atoms with Gasteiger partial charge in [0, 0.05) is 24.7 Å². The smallest absolute Gasteiger partial charge is 0.444 e. The van der Waals surface area contributed by atoms with E-state index in [1.807, 2.05) is 85.5 Å². The molecule has 0 spiro atoms. The van der Waals surface area contributed by atoms with E-state index in [0.717, 1.165) is 11.3 Å². The summed E-state index contributed by atoms with van der Waals surface area (Å²) in [6, 6.07) is 4.06. The molecule has 2 aliphatic rings. The van der Waals surface area contributed by atoms with Crippen LogP contribution in [-0.4, -0.2) is 65.1 Å². The van der Waals surface area contributed by atoms with Gasteiger partial charge in [0.05, 0.1) is 23.3 Å². The molecule has 1 aromatic heterocycles. The second-order valence-corrected chi connectivity index (χ2v) is 10.5. The summed E-state index contributed by atoms with van der Waals surface area (Å²) in [6.07, 6.45) is 1.57. The Morgan fingerprint density at radius 2 is 1.63 bits per heavy atom. The van der Waals surface area contributed by atoms with E-state index >= 15 is 0 Å². The molecule has 0 aromatic carbocycles. The van der Waals surface area contributed by atoms with Gasteiger partial charge in [-0.3, -0.25) is 4.90 Å². The minimum Gasteiger partial charge on any atom is -0.444 e. The van der Waals surface area contributed by atoms with E-state index in [-0.39, 0.29) is 29.4 Å². The maximum absolute atomic E-state index is 12.6. The van der Waals surface area contributed by atoms with E-state index in [2.05, 4.69) is 9.88 Å². The molecule has 1 amide bonds. The molecule has 0 bridgehead atoms. The minimum atomic E-state index is -0.501. The topological polar surface area (TPSA) is 64.1 Å². The van der Waals surface area contributed by atoms with Gasteiger partial charge in [0.2, 0.25) is 0 Å². The Morgan fingerprint density at radius 1 is 1.10 bits per heavy atom. The second-order valence-electron chi connectivity index (χ2n) is 10.5. The minimum absolute atomic E-state index is 0.0215. The summed E-state index contributed by atoms with van der Waals surface area (Å²) in [6.45, 7) is 19.3. The fourth-order valence-corrected chi connectivity index (χ4v) is 3.89. The Bertz CT molecular complexity index is 748. The van der Waals surface area contributed by atoms with E-state index < -0.39 is 12.7 Å². The fraction of sp³-hybridized carbons (Fsp3) is 0.727. The zero-order valence-corrected chi connectivity index (χ0v) is 19.9. The predicted molar refractivity (Wildman–Crippen MR) is 119 cm³/mol. The number of pyridine rings is 1. The van der Waals surface area contributed by atoms with Crippen molar-refractivity contribution in [2.24, 2.45) is 0 Å². The van der Waals surface area contributed by atoms with Crippen molar-refractivity contribution in [3.63, 3.8) is 0 Å². The molecule has 2 fully saturated rings. The quantitative estimate of drug-likeness (QED) is 0.689. The number of rotatable bonds is 2. The van der Waals surface area contributed by atoms with Crippen LogP contribution in [0.5, 0.6) is 0 Å². The van der Waals surface area contributed by atoms with Gasteiger partial charge in [0.15, 0.2) is 0 Å². The van der Waals surface area contributed by atoms with Gasteiger partial charge >= 0.3 is 13.2 Å². The van der Waals surface area contributed by atoms with Crippen molar-refractivity contribution >= 4 is 24.5 Å². The number of anilines is 1. The highest BCUT2D eigenvalue weighted by Gasteiger charge is 2.51. The highest BCUT2D eigenvalue weighted by Crippen LogP contribution is 2.36. The zero-order valence-electron chi connectivity index (χ0n) is 19.9. The van der Waals surface area contributed by atoms with Crippen LogP contribution in [0.25, 0.3) is 0 Å². The molecule has 0 N–H and O–H groups in total. The number of carbonyl (C=O) groups is 1. The third kappa shape index (κ3) is 4.59. The molecule has 2 saturated heterocycles. The Balaban J connectivity index is 1.68. The van der Waals surface area contributed by atoms with Crippen LogP contribution < -0.4 is 10.4 Å². The molecule has 30 heavy (non-hydrogen) atoms. The number of nitrogens with zero attached hydrogens (tertiary/aromatic N) is 3. The Hall–Kier alpha value is -1.80. The molecular weight excluding hydrogens is 381 g/mol. The van der Waals surface area contributed by atoms with E-state index in [4.69, 9.17) is 14.0 Å². The molecule has 0 unspecified atom stereocenters. The van der Waals surface area contributed by atoms with Crippen LogP contribution in [0.2, 0.25) is 0 Å². The molecule has 7 nitrogen and oxygen atoms in total. The van der Waals surface area contributed by atoms with E-state index in [1.54, 1.807) is 0 Å². The van der Waals surface area contributed by atoms with Crippen molar-refractivity contribution in [3.8, 4) is 0 Å². The number of aromatic nitrogens is 1. The lowest BCUT2D eigenvalue weighted by Gasteiger charge is -2.44. The number of carbonyl (C=O) groups excluding carboxylic acids is 1. The normalized spacial score (nSPS) is 26.1. The Kier molecular flexibility index (Phi) is 5.88. The summed E-state index contributed by atoms with van der Waals surface area (Å²) in [5.41, 5.74) is -0.345. The van der Waals surface area contributed by atoms with Crippen LogP contribution in [0.15, 0.2) is 18.3 Å². The van der Waals surface area contributed by atoms with Crippen molar-refractivity contribution in [2.75, 3.05) is 18.0 Å². The first kappa shape index (κ1) is 22.9. The fourth-order valence-electron chi connectivity index (χ4n) is 3.89. The van der Waals surface area contributed by atoms with Crippen molar-refractivity contribution < 1.29 is 18.8 Å². The number of amides is 1. The van der Waals surface area contributed by atoms with Crippen LogP contribution in [0.1, 0.15) is 62.3 Å². The summed E-state index contributed by atoms with van der Waals surface area (Å²) in [4.78, 5) is 21.3. The van der Waals surface area contributed by atoms with E-state index in [0.29, 0.717) is 13.1 Å². The summed E-state index contributed by atoms with van der Waals surface area (Å²) < 4.78 is 17.8. The lowest BCUT2D eigenvalue weighted by molar-refractivity contribution is 0.00560. The largest absolute Gasteiger partial charge is 0.496 e. The molecule has 3 heterocycles. The third-order valence-corrected chi connectivity index (χ3v) is 6.14. The molecule has 3 rings (SSSR count). The van der Waals surface area contributed by atoms with Gasteiger partial charge in [-0.15, -0.1) is 0 Å². The van der Waals surface area contributed by atoms with Gasteiger partial charge in [-0.05, 0) is 68.4 Å². The lowest BCUT2D eigenvalue weighted by Crippen LogP contribution is -2.59. The van der Waals surface area contributed by atoms with E-state index in [1.165, 1.54) is 0 Å². The number of piperazine rings is 1. The second kappa shape index (κ2) is 7.72. The van der Waals surface area contributed by atoms with Gasteiger partial charge in [-0.1, -0.05) is 6.07 Å². The first-order chi connectivity index (χ1) is 13.7. The number of hydrogen-bond donors (Lipinski definition) is 0. The zero-order chi connectivity index (χ0) is 22.5.